The van der Waals surface area contributed by atoms with Crippen molar-refractivity contribution < 1.29 is 17.9 Å². The van der Waals surface area contributed by atoms with Gasteiger partial charge in [-0.1, -0.05) is 24.3 Å². The Morgan fingerprint density at radius 1 is 1.23 bits per heavy atom. The lowest BCUT2D eigenvalue weighted by Gasteiger charge is -2.32. The van der Waals surface area contributed by atoms with Crippen LogP contribution in [0.15, 0.2) is 46.0 Å². The quantitative estimate of drug-likeness (QED) is 0.816. The van der Waals surface area contributed by atoms with E-state index >= 15 is 0 Å². The van der Waals surface area contributed by atoms with Crippen LogP contribution < -0.4 is 9.46 Å². The van der Waals surface area contributed by atoms with Crippen molar-refractivity contribution >= 4 is 27.3 Å². The molecule has 0 atom stereocenters. The zero-order valence-electron chi connectivity index (χ0n) is 14.6. The van der Waals surface area contributed by atoms with Gasteiger partial charge in [0.05, 0.1) is 0 Å². The minimum Gasteiger partial charge on any atom is -0.484 e. The lowest BCUT2D eigenvalue weighted by atomic mass is 10.1. The van der Waals surface area contributed by atoms with Gasteiger partial charge < -0.3 is 9.64 Å². The van der Waals surface area contributed by atoms with E-state index in [-0.39, 0.29) is 18.6 Å². The molecule has 1 saturated heterocycles. The molecule has 1 aliphatic rings. The SMILES string of the molecule is Cc1ccccc1OCC(=O)N1CCC(NS(=O)(=O)c2cccs2)CC1. The second kappa shape index (κ2) is 8.20. The summed E-state index contributed by atoms with van der Waals surface area (Å²) in [5, 5.41) is 1.74. The Kier molecular flexibility index (Phi) is 5.95. The minimum atomic E-state index is -3.46. The van der Waals surface area contributed by atoms with Gasteiger partial charge in [-0.2, -0.15) is 0 Å². The zero-order valence-corrected chi connectivity index (χ0v) is 16.2. The summed E-state index contributed by atoms with van der Waals surface area (Å²) in [6, 6.07) is 10.7. The number of rotatable bonds is 6. The predicted molar refractivity (Wildman–Crippen MR) is 101 cm³/mol. The molecule has 0 unspecified atom stereocenters. The van der Waals surface area contributed by atoms with Crippen LogP contribution in [0.2, 0.25) is 0 Å². The first kappa shape index (κ1) is 18.9. The van der Waals surface area contributed by atoms with Gasteiger partial charge in [0.2, 0.25) is 10.0 Å². The van der Waals surface area contributed by atoms with Crippen molar-refractivity contribution in [3.63, 3.8) is 0 Å². The molecule has 0 radical (unpaired) electrons. The smallest absolute Gasteiger partial charge is 0.260 e. The van der Waals surface area contributed by atoms with Gasteiger partial charge >= 0.3 is 0 Å². The molecule has 26 heavy (non-hydrogen) atoms. The number of para-hydroxylation sites is 1. The number of carbonyl (C=O) groups excluding carboxylic acids is 1. The third-order valence-corrected chi connectivity index (χ3v) is 7.29. The molecule has 1 fully saturated rings. The molecule has 6 nitrogen and oxygen atoms in total. The molecule has 2 heterocycles. The van der Waals surface area contributed by atoms with Gasteiger partial charge in [-0.05, 0) is 42.8 Å². The molecular weight excluding hydrogens is 372 g/mol. The Bertz CT molecular complexity index is 842. The Morgan fingerprint density at radius 2 is 1.96 bits per heavy atom. The molecule has 2 aromatic rings. The fourth-order valence-corrected chi connectivity index (χ4v) is 5.20. The second-order valence-electron chi connectivity index (χ2n) is 6.26. The molecule has 8 heteroatoms. The van der Waals surface area contributed by atoms with E-state index in [1.807, 2.05) is 31.2 Å². The van der Waals surface area contributed by atoms with Crippen molar-refractivity contribution in [3.05, 3.63) is 47.3 Å². The molecule has 1 N–H and O–H groups in total. The van der Waals surface area contributed by atoms with Gasteiger partial charge in [0.25, 0.3) is 5.91 Å². The van der Waals surface area contributed by atoms with E-state index < -0.39 is 10.0 Å². The molecule has 0 aliphatic carbocycles. The number of nitrogens with one attached hydrogen (secondary N) is 1. The van der Waals surface area contributed by atoms with Gasteiger partial charge in [0, 0.05) is 19.1 Å². The lowest BCUT2D eigenvalue weighted by molar-refractivity contribution is -0.134. The van der Waals surface area contributed by atoms with Gasteiger partial charge in [0.15, 0.2) is 6.61 Å². The van der Waals surface area contributed by atoms with E-state index in [4.69, 9.17) is 4.74 Å². The Hall–Kier alpha value is -1.90. The van der Waals surface area contributed by atoms with Crippen LogP contribution in [0.5, 0.6) is 5.75 Å². The average Bonchev–Trinajstić information content (AvgIpc) is 3.17. The molecule has 0 bridgehead atoms. The Morgan fingerprint density at radius 3 is 2.62 bits per heavy atom. The first-order chi connectivity index (χ1) is 12.5. The number of nitrogens with zero attached hydrogens (tertiary/aromatic N) is 1. The van der Waals surface area contributed by atoms with Crippen LogP contribution in [0, 0.1) is 6.92 Å². The number of benzene rings is 1. The van der Waals surface area contributed by atoms with Gasteiger partial charge in [-0.15, -0.1) is 11.3 Å². The maximum absolute atomic E-state index is 12.3. The standard InChI is InChI=1S/C18H22N2O4S2/c1-14-5-2-3-6-16(14)24-13-17(21)20-10-8-15(9-11-20)19-26(22,23)18-7-4-12-25-18/h2-7,12,15,19H,8-11,13H2,1H3. The van der Waals surface area contributed by atoms with Crippen LogP contribution >= 0.6 is 11.3 Å². The Labute approximate surface area is 157 Å². The number of piperidine rings is 1. The minimum absolute atomic E-state index is 0.00353. The summed E-state index contributed by atoms with van der Waals surface area (Å²) in [5.41, 5.74) is 0.988. The Balaban J connectivity index is 1.47. The lowest BCUT2D eigenvalue weighted by Crippen LogP contribution is -2.47. The van der Waals surface area contributed by atoms with Crippen LogP contribution in [0.3, 0.4) is 0 Å². The topological polar surface area (TPSA) is 75.7 Å². The van der Waals surface area contributed by atoms with Crippen LogP contribution in [0.1, 0.15) is 18.4 Å². The third-order valence-electron chi connectivity index (χ3n) is 4.37. The maximum Gasteiger partial charge on any atom is 0.260 e. The van der Waals surface area contributed by atoms with Crippen LogP contribution in [-0.2, 0) is 14.8 Å². The molecule has 1 aliphatic heterocycles. The molecule has 1 aromatic carbocycles. The van der Waals surface area contributed by atoms with Gasteiger partial charge in [-0.3, -0.25) is 4.79 Å². The molecule has 0 spiro atoms. The molecule has 3 rings (SSSR count). The van der Waals surface area contributed by atoms with Crippen molar-refractivity contribution in [3.8, 4) is 5.75 Å². The number of hydrogen-bond acceptors (Lipinski definition) is 5. The fraction of sp³-hybridized carbons (Fsp3) is 0.389. The number of likely N-dealkylation sites (tertiary alicyclic amines) is 1. The van der Waals surface area contributed by atoms with E-state index in [1.165, 1.54) is 11.3 Å². The number of hydrogen-bond donors (Lipinski definition) is 1. The highest BCUT2D eigenvalue weighted by molar-refractivity contribution is 7.91. The molecule has 1 amide bonds. The average molecular weight is 395 g/mol. The van der Waals surface area contributed by atoms with E-state index in [0.717, 1.165) is 5.56 Å². The third kappa shape index (κ3) is 4.63. The van der Waals surface area contributed by atoms with Crippen molar-refractivity contribution in [2.45, 2.75) is 30.0 Å². The van der Waals surface area contributed by atoms with E-state index in [1.54, 1.807) is 22.4 Å². The van der Waals surface area contributed by atoms with Crippen LogP contribution in [-0.4, -0.2) is 45.0 Å². The monoisotopic (exact) mass is 394 g/mol. The van der Waals surface area contributed by atoms with E-state index in [2.05, 4.69) is 4.72 Å². The highest BCUT2D eigenvalue weighted by atomic mass is 32.2. The number of carbonyl (C=O) groups is 1. The van der Waals surface area contributed by atoms with Gasteiger partial charge in [0.1, 0.15) is 9.96 Å². The summed E-state index contributed by atoms with van der Waals surface area (Å²) >= 11 is 1.20. The number of sulfonamides is 1. The second-order valence-corrected chi connectivity index (χ2v) is 9.15. The van der Waals surface area contributed by atoms with E-state index in [0.29, 0.717) is 35.9 Å². The zero-order chi connectivity index (χ0) is 18.6. The summed E-state index contributed by atoms with van der Waals surface area (Å²) in [5.74, 6) is 0.632. The van der Waals surface area contributed by atoms with Crippen LogP contribution in [0.25, 0.3) is 0 Å². The maximum atomic E-state index is 12.3. The van der Waals surface area contributed by atoms with Crippen molar-refractivity contribution in [2.75, 3.05) is 19.7 Å². The number of ether oxygens (including phenoxy) is 1. The highest BCUT2D eigenvalue weighted by Gasteiger charge is 2.27. The fourth-order valence-electron chi connectivity index (χ4n) is 2.89. The number of aryl methyl sites for hydroxylation is 1. The summed E-state index contributed by atoms with van der Waals surface area (Å²) in [7, 11) is -3.46. The largest absolute Gasteiger partial charge is 0.484 e. The first-order valence-electron chi connectivity index (χ1n) is 8.48. The summed E-state index contributed by atoms with van der Waals surface area (Å²) < 4.78 is 33.2. The summed E-state index contributed by atoms with van der Waals surface area (Å²) in [6.07, 6.45) is 1.20. The summed E-state index contributed by atoms with van der Waals surface area (Å²) in [6.45, 7) is 2.97. The highest BCUT2D eigenvalue weighted by Crippen LogP contribution is 2.19. The van der Waals surface area contributed by atoms with Gasteiger partial charge in [-0.25, -0.2) is 13.1 Å². The number of thiophene rings is 1. The molecular formula is C18H22N2O4S2. The predicted octanol–water partition coefficient (Wildman–Crippen LogP) is 2.40. The molecule has 140 valence electrons. The summed E-state index contributed by atoms with van der Waals surface area (Å²) in [4.78, 5) is 14.1. The van der Waals surface area contributed by atoms with Crippen molar-refractivity contribution in [2.24, 2.45) is 0 Å². The first-order valence-corrected chi connectivity index (χ1v) is 10.8. The normalized spacial score (nSPS) is 15.8. The molecule has 1 aromatic heterocycles. The van der Waals surface area contributed by atoms with Crippen LogP contribution in [0.4, 0.5) is 0 Å². The van der Waals surface area contributed by atoms with E-state index in [9.17, 15) is 13.2 Å². The van der Waals surface area contributed by atoms with Crippen molar-refractivity contribution in [1.29, 1.82) is 0 Å². The number of amides is 1. The molecule has 0 saturated carbocycles. The van der Waals surface area contributed by atoms with Crippen molar-refractivity contribution in [1.82, 2.24) is 9.62 Å².